The molecule has 0 spiro atoms. The van der Waals surface area contributed by atoms with Crippen LogP contribution in [0.4, 0.5) is 10.5 Å². The summed E-state index contributed by atoms with van der Waals surface area (Å²) in [4.78, 5) is 11.9. The standard InChI is InChI=1S/C16H17ClN2O2/c1-11-5-4-8-14(15(11)17)19-16(21)18-9-12-6-2-3-7-13(12)10-20/h2-8,20H,9-10H2,1H3,(H2,18,19,21). The van der Waals surface area contributed by atoms with Gasteiger partial charge in [0.15, 0.2) is 0 Å². The SMILES string of the molecule is Cc1cccc(NC(=O)NCc2ccccc2CO)c1Cl. The minimum Gasteiger partial charge on any atom is -0.392 e. The quantitative estimate of drug-likeness (QED) is 0.810. The van der Waals surface area contributed by atoms with E-state index in [-0.39, 0.29) is 12.6 Å². The zero-order valence-electron chi connectivity index (χ0n) is 11.7. The van der Waals surface area contributed by atoms with E-state index in [0.29, 0.717) is 17.3 Å². The number of hydrogen-bond donors (Lipinski definition) is 3. The molecule has 0 fully saturated rings. The topological polar surface area (TPSA) is 61.4 Å². The normalized spacial score (nSPS) is 10.2. The molecule has 0 aliphatic heterocycles. The molecule has 0 aliphatic carbocycles. The second kappa shape index (κ2) is 7.11. The van der Waals surface area contributed by atoms with Gasteiger partial charge in [-0.1, -0.05) is 48.0 Å². The Kier molecular flexibility index (Phi) is 5.20. The fourth-order valence-corrected chi connectivity index (χ4v) is 2.14. The van der Waals surface area contributed by atoms with Gasteiger partial charge < -0.3 is 15.7 Å². The third-order valence-electron chi connectivity index (χ3n) is 3.17. The number of carbonyl (C=O) groups excluding carboxylic acids is 1. The van der Waals surface area contributed by atoms with E-state index in [1.54, 1.807) is 6.07 Å². The predicted molar refractivity (Wildman–Crippen MR) is 84.4 cm³/mol. The Labute approximate surface area is 128 Å². The van der Waals surface area contributed by atoms with Crippen LogP contribution in [0, 0.1) is 6.92 Å². The summed E-state index contributed by atoms with van der Waals surface area (Å²) in [6.07, 6.45) is 0. The van der Waals surface area contributed by atoms with E-state index in [1.165, 1.54) is 0 Å². The van der Waals surface area contributed by atoms with Crippen molar-refractivity contribution in [2.45, 2.75) is 20.1 Å². The first kappa shape index (κ1) is 15.4. The van der Waals surface area contributed by atoms with Crippen molar-refractivity contribution in [2.24, 2.45) is 0 Å². The Hall–Kier alpha value is -2.04. The molecule has 21 heavy (non-hydrogen) atoms. The van der Waals surface area contributed by atoms with Crippen LogP contribution in [-0.2, 0) is 13.2 Å². The number of rotatable bonds is 4. The van der Waals surface area contributed by atoms with Crippen LogP contribution in [0.5, 0.6) is 0 Å². The molecule has 0 aromatic heterocycles. The highest BCUT2D eigenvalue weighted by Gasteiger charge is 2.07. The molecule has 0 aliphatic rings. The van der Waals surface area contributed by atoms with Crippen LogP contribution in [-0.4, -0.2) is 11.1 Å². The summed E-state index contributed by atoms with van der Waals surface area (Å²) in [6, 6.07) is 12.5. The smallest absolute Gasteiger partial charge is 0.319 e. The summed E-state index contributed by atoms with van der Waals surface area (Å²) in [7, 11) is 0. The van der Waals surface area contributed by atoms with Gasteiger partial charge in [-0.25, -0.2) is 4.79 Å². The van der Waals surface area contributed by atoms with E-state index in [1.807, 2.05) is 43.3 Å². The average molecular weight is 305 g/mol. The minimum atomic E-state index is -0.338. The Morgan fingerprint density at radius 1 is 1.14 bits per heavy atom. The van der Waals surface area contributed by atoms with E-state index in [9.17, 15) is 9.90 Å². The van der Waals surface area contributed by atoms with Gasteiger partial charge in [0.1, 0.15) is 0 Å². The fourth-order valence-electron chi connectivity index (χ4n) is 1.97. The summed E-state index contributed by atoms with van der Waals surface area (Å²) in [5.74, 6) is 0. The molecule has 0 saturated carbocycles. The number of aliphatic hydroxyl groups is 1. The molecule has 2 amide bonds. The number of anilines is 1. The molecule has 0 radical (unpaired) electrons. The molecule has 0 saturated heterocycles. The molecule has 3 N–H and O–H groups in total. The summed E-state index contributed by atoms with van der Waals surface area (Å²) in [6.45, 7) is 2.16. The largest absolute Gasteiger partial charge is 0.392 e. The second-order valence-corrected chi connectivity index (χ2v) is 5.05. The van der Waals surface area contributed by atoms with Crippen LogP contribution in [0.15, 0.2) is 42.5 Å². The van der Waals surface area contributed by atoms with E-state index in [0.717, 1.165) is 16.7 Å². The van der Waals surface area contributed by atoms with Gasteiger partial charge in [0.25, 0.3) is 0 Å². The van der Waals surface area contributed by atoms with Crippen LogP contribution in [0.25, 0.3) is 0 Å². The number of carbonyl (C=O) groups is 1. The van der Waals surface area contributed by atoms with Gasteiger partial charge in [0, 0.05) is 6.54 Å². The maximum atomic E-state index is 11.9. The third-order valence-corrected chi connectivity index (χ3v) is 3.67. The summed E-state index contributed by atoms with van der Waals surface area (Å²) in [5.41, 5.74) is 3.15. The summed E-state index contributed by atoms with van der Waals surface area (Å²) < 4.78 is 0. The van der Waals surface area contributed by atoms with Gasteiger partial charge in [0.05, 0.1) is 17.3 Å². The lowest BCUT2D eigenvalue weighted by Gasteiger charge is -2.11. The van der Waals surface area contributed by atoms with Crippen LogP contribution in [0.2, 0.25) is 5.02 Å². The molecule has 110 valence electrons. The van der Waals surface area contributed by atoms with Crippen LogP contribution < -0.4 is 10.6 Å². The number of nitrogens with one attached hydrogen (secondary N) is 2. The first-order valence-corrected chi connectivity index (χ1v) is 6.97. The average Bonchev–Trinajstić information content (AvgIpc) is 2.50. The molecular formula is C16H17ClN2O2. The lowest BCUT2D eigenvalue weighted by Crippen LogP contribution is -2.28. The van der Waals surface area contributed by atoms with E-state index in [2.05, 4.69) is 10.6 Å². The van der Waals surface area contributed by atoms with Gasteiger partial charge in [-0.2, -0.15) is 0 Å². The van der Waals surface area contributed by atoms with Crippen LogP contribution in [0.3, 0.4) is 0 Å². The Bertz CT molecular complexity index is 644. The Balaban J connectivity index is 1.98. The Morgan fingerprint density at radius 3 is 2.57 bits per heavy atom. The number of benzene rings is 2. The number of amides is 2. The van der Waals surface area contributed by atoms with Gasteiger partial charge >= 0.3 is 6.03 Å². The molecule has 2 rings (SSSR count). The first-order valence-electron chi connectivity index (χ1n) is 6.59. The van der Waals surface area contributed by atoms with Crippen molar-refractivity contribution in [3.05, 3.63) is 64.2 Å². The van der Waals surface area contributed by atoms with E-state index >= 15 is 0 Å². The van der Waals surface area contributed by atoms with Crippen molar-refractivity contribution < 1.29 is 9.90 Å². The monoisotopic (exact) mass is 304 g/mol. The predicted octanol–water partition coefficient (Wildman–Crippen LogP) is 3.46. The number of hydrogen-bond acceptors (Lipinski definition) is 2. The lowest BCUT2D eigenvalue weighted by atomic mass is 10.1. The van der Waals surface area contributed by atoms with Crippen molar-refractivity contribution in [1.29, 1.82) is 0 Å². The highest BCUT2D eigenvalue weighted by atomic mass is 35.5. The van der Waals surface area contributed by atoms with Crippen molar-refractivity contribution in [3.8, 4) is 0 Å². The maximum absolute atomic E-state index is 11.9. The van der Waals surface area contributed by atoms with Gasteiger partial charge in [-0.3, -0.25) is 0 Å². The fraction of sp³-hybridized carbons (Fsp3) is 0.188. The van der Waals surface area contributed by atoms with E-state index in [4.69, 9.17) is 11.6 Å². The van der Waals surface area contributed by atoms with Crippen molar-refractivity contribution in [2.75, 3.05) is 5.32 Å². The number of halogens is 1. The minimum absolute atomic E-state index is 0.0524. The summed E-state index contributed by atoms with van der Waals surface area (Å²) in [5, 5.41) is 15.2. The van der Waals surface area contributed by atoms with Crippen molar-refractivity contribution >= 4 is 23.3 Å². The third kappa shape index (κ3) is 3.97. The van der Waals surface area contributed by atoms with E-state index < -0.39 is 0 Å². The molecule has 0 heterocycles. The lowest BCUT2D eigenvalue weighted by molar-refractivity contribution is 0.251. The molecule has 0 bridgehead atoms. The highest BCUT2D eigenvalue weighted by Crippen LogP contribution is 2.24. The van der Waals surface area contributed by atoms with Gasteiger partial charge in [0.2, 0.25) is 0 Å². The molecular weight excluding hydrogens is 288 g/mol. The highest BCUT2D eigenvalue weighted by molar-refractivity contribution is 6.34. The number of aliphatic hydroxyl groups excluding tert-OH is 1. The number of aryl methyl sites for hydroxylation is 1. The maximum Gasteiger partial charge on any atom is 0.319 e. The molecule has 0 atom stereocenters. The summed E-state index contributed by atoms with van der Waals surface area (Å²) >= 11 is 6.13. The number of urea groups is 1. The van der Waals surface area contributed by atoms with Crippen molar-refractivity contribution in [3.63, 3.8) is 0 Å². The Morgan fingerprint density at radius 2 is 1.86 bits per heavy atom. The van der Waals surface area contributed by atoms with Crippen LogP contribution in [0.1, 0.15) is 16.7 Å². The molecule has 0 unspecified atom stereocenters. The van der Waals surface area contributed by atoms with Gasteiger partial charge in [-0.15, -0.1) is 0 Å². The molecule has 4 nitrogen and oxygen atoms in total. The van der Waals surface area contributed by atoms with Crippen molar-refractivity contribution in [1.82, 2.24) is 5.32 Å². The zero-order chi connectivity index (χ0) is 15.2. The second-order valence-electron chi connectivity index (χ2n) is 4.67. The molecule has 2 aromatic rings. The molecule has 5 heteroatoms. The zero-order valence-corrected chi connectivity index (χ0v) is 12.4. The first-order chi connectivity index (χ1) is 10.1. The molecule has 2 aromatic carbocycles. The van der Waals surface area contributed by atoms with Gasteiger partial charge in [-0.05, 0) is 29.7 Å². The van der Waals surface area contributed by atoms with Crippen LogP contribution >= 0.6 is 11.6 Å².